The van der Waals surface area contributed by atoms with E-state index in [2.05, 4.69) is 41.2 Å². The van der Waals surface area contributed by atoms with E-state index in [0.29, 0.717) is 41.1 Å². The predicted octanol–water partition coefficient (Wildman–Crippen LogP) is 1.54. The van der Waals surface area contributed by atoms with Crippen LogP contribution in [0.3, 0.4) is 0 Å². The van der Waals surface area contributed by atoms with Gasteiger partial charge < -0.3 is 26.4 Å². The topological polar surface area (TPSA) is 120 Å². The molecule has 1 saturated carbocycles. The lowest BCUT2D eigenvalue weighted by Gasteiger charge is -2.13. The van der Waals surface area contributed by atoms with Gasteiger partial charge in [0, 0.05) is 27.2 Å². The average Bonchev–Trinajstić information content (AvgIpc) is 3.41. The number of halogens is 1. The van der Waals surface area contributed by atoms with Crippen LogP contribution in [0.2, 0.25) is 0 Å². The molecule has 0 bridgehead atoms. The van der Waals surface area contributed by atoms with E-state index >= 15 is 0 Å². The number of fused-ring (bicyclic) bond motifs is 1. The van der Waals surface area contributed by atoms with Crippen molar-refractivity contribution >= 4 is 47.0 Å². The van der Waals surface area contributed by atoms with Gasteiger partial charge in [0.25, 0.3) is 0 Å². The standard InChI is InChI=1S/C15H24N8O.ClH/c1-8(24)6-18-14-20-10-11(12(16-2)22-14)21-15(23-13(10)17-3)19-7-9-4-5-9;/h8-9,24H,4-7H2,1-3H3,(H2,16,18,20,22)(H2,17,19,21,23);1H. The summed E-state index contributed by atoms with van der Waals surface area (Å²) in [4.78, 5) is 18.0. The van der Waals surface area contributed by atoms with Crippen molar-refractivity contribution in [3.05, 3.63) is 0 Å². The average molecular weight is 369 g/mol. The summed E-state index contributed by atoms with van der Waals surface area (Å²) in [6.45, 7) is 2.96. The second-order valence-corrected chi connectivity index (χ2v) is 6.04. The summed E-state index contributed by atoms with van der Waals surface area (Å²) in [6, 6.07) is 0. The summed E-state index contributed by atoms with van der Waals surface area (Å²) in [7, 11) is 3.59. The number of hydrogen-bond donors (Lipinski definition) is 5. The molecule has 0 aromatic carbocycles. The summed E-state index contributed by atoms with van der Waals surface area (Å²) in [6.07, 6.45) is 2.04. The van der Waals surface area contributed by atoms with Gasteiger partial charge in [-0.15, -0.1) is 12.4 Å². The zero-order chi connectivity index (χ0) is 17.1. The van der Waals surface area contributed by atoms with Crippen LogP contribution < -0.4 is 21.3 Å². The van der Waals surface area contributed by atoms with Crippen LogP contribution in [0, 0.1) is 5.92 Å². The molecule has 1 unspecified atom stereocenters. The highest BCUT2D eigenvalue weighted by Gasteiger charge is 2.22. The van der Waals surface area contributed by atoms with Crippen LogP contribution in [0.4, 0.5) is 23.5 Å². The summed E-state index contributed by atoms with van der Waals surface area (Å²) in [5.41, 5.74) is 1.28. The number of nitrogens with zero attached hydrogens (tertiary/aromatic N) is 4. The number of hydrogen-bond acceptors (Lipinski definition) is 9. The Morgan fingerprint density at radius 1 is 0.960 bits per heavy atom. The van der Waals surface area contributed by atoms with Crippen LogP contribution in [0.15, 0.2) is 0 Å². The maximum absolute atomic E-state index is 9.42. The number of aliphatic hydroxyl groups is 1. The maximum Gasteiger partial charge on any atom is 0.225 e. The molecule has 3 rings (SSSR count). The predicted molar refractivity (Wildman–Crippen MR) is 103 cm³/mol. The van der Waals surface area contributed by atoms with Gasteiger partial charge in [-0.1, -0.05) is 0 Å². The molecule has 2 heterocycles. The highest BCUT2D eigenvalue weighted by atomic mass is 35.5. The van der Waals surface area contributed by atoms with Gasteiger partial charge in [-0.05, 0) is 25.7 Å². The lowest BCUT2D eigenvalue weighted by molar-refractivity contribution is 0.208. The van der Waals surface area contributed by atoms with Gasteiger partial charge in [0.15, 0.2) is 11.6 Å². The number of nitrogens with one attached hydrogen (secondary N) is 4. The van der Waals surface area contributed by atoms with Crippen molar-refractivity contribution in [2.45, 2.75) is 25.9 Å². The van der Waals surface area contributed by atoms with Crippen molar-refractivity contribution in [3.8, 4) is 0 Å². The number of anilines is 4. The lowest BCUT2D eigenvalue weighted by Crippen LogP contribution is -2.18. The molecule has 0 spiro atoms. The number of aromatic nitrogens is 4. The molecule has 2 aromatic heterocycles. The van der Waals surface area contributed by atoms with E-state index in [0.717, 1.165) is 12.5 Å². The first-order chi connectivity index (χ1) is 11.6. The molecule has 1 fully saturated rings. The smallest absolute Gasteiger partial charge is 0.225 e. The molecule has 1 atom stereocenters. The van der Waals surface area contributed by atoms with E-state index in [9.17, 15) is 5.11 Å². The zero-order valence-electron chi connectivity index (χ0n) is 14.6. The second kappa shape index (κ2) is 8.30. The van der Waals surface area contributed by atoms with E-state index in [1.165, 1.54) is 12.8 Å². The Morgan fingerprint density at radius 2 is 1.48 bits per heavy atom. The molecular formula is C15H25ClN8O. The summed E-state index contributed by atoms with van der Waals surface area (Å²) in [5.74, 6) is 2.98. The van der Waals surface area contributed by atoms with Crippen molar-refractivity contribution in [2.24, 2.45) is 5.92 Å². The molecule has 0 radical (unpaired) electrons. The number of aliphatic hydroxyl groups excluding tert-OH is 1. The Labute approximate surface area is 152 Å². The zero-order valence-corrected chi connectivity index (χ0v) is 15.4. The van der Waals surface area contributed by atoms with Crippen molar-refractivity contribution in [2.75, 3.05) is 48.5 Å². The molecule has 25 heavy (non-hydrogen) atoms. The molecule has 10 heteroatoms. The van der Waals surface area contributed by atoms with Gasteiger partial charge >= 0.3 is 0 Å². The molecule has 1 aliphatic carbocycles. The quantitative estimate of drug-likeness (QED) is 0.472. The van der Waals surface area contributed by atoms with Gasteiger partial charge in [0.2, 0.25) is 11.9 Å². The Hall–Kier alpha value is -2.13. The minimum atomic E-state index is -0.489. The molecule has 0 saturated heterocycles. The molecular weight excluding hydrogens is 344 g/mol. The maximum atomic E-state index is 9.42. The van der Waals surface area contributed by atoms with Gasteiger partial charge in [-0.25, -0.2) is 9.97 Å². The molecule has 0 amide bonds. The first kappa shape index (κ1) is 19.2. The third-order valence-corrected chi connectivity index (χ3v) is 3.82. The Balaban J connectivity index is 0.00000225. The summed E-state index contributed by atoms with van der Waals surface area (Å²) in [5, 5.41) is 21.8. The Morgan fingerprint density at radius 3 is 1.92 bits per heavy atom. The van der Waals surface area contributed by atoms with Crippen LogP contribution >= 0.6 is 12.4 Å². The third-order valence-electron chi connectivity index (χ3n) is 3.82. The Kier molecular flexibility index (Phi) is 6.38. The van der Waals surface area contributed by atoms with Crippen molar-refractivity contribution in [1.29, 1.82) is 0 Å². The van der Waals surface area contributed by atoms with Crippen molar-refractivity contribution < 1.29 is 5.11 Å². The first-order valence-electron chi connectivity index (χ1n) is 8.21. The van der Waals surface area contributed by atoms with Crippen LogP contribution in [-0.4, -0.2) is 58.3 Å². The minimum Gasteiger partial charge on any atom is -0.392 e. The van der Waals surface area contributed by atoms with E-state index < -0.39 is 6.10 Å². The van der Waals surface area contributed by atoms with Gasteiger partial charge in [0.05, 0.1) is 6.10 Å². The van der Waals surface area contributed by atoms with E-state index in [1.807, 2.05) is 0 Å². The molecule has 1 aliphatic rings. The van der Waals surface area contributed by atoms with E-state index in [1.54, 1.807) is 21.0 Å². The Bertz CT molecular complexity index is 669. The number of rotatable bonds is 8. The molecule has 9 nitrogen and oxygen atoms in total. The minimum absolute atomic E-state index is 0. The van der Waals surface area contributed by atoms with Gasteiger partial charge in [-0.2, -0.15) is 9.97 Å². The van der Waals surface area contributed by atoms with Crippen molar-refractivity contribution in [1.82, 2.24) is 19.9 Å². The van der Waals surface area contributed by atoms with Crippen LogP contribution in [0.25, 0.3) is 11.0 Å². The highest BCUT2D eigenvalue weighted by Crippen LogP contribution is 2.30. The van der Waals surface area contributed by atoms with Crippen LogP contribution in [0.1, 0.15) is 19.8 Å². The molecule has 0 aliphatic heterocycles. The second-order valence-electron chi connectivity index (χ2n) is 6.04. The summed E-state index contributed by atoms with van der Waals surface area (Å²) < 4.78 is 0. The fourth-order valence-corrected chi connectivity index (χ4v) is 2.32. The lowest BCUT2D eigenvalue weighted by atomic mass is 10.3. The fourth-order valence-electron chi connectivity index (χ4n) is 2.32. The fraction of sp³-hybridized carbons (Fsp3) is 0.600. The highest BCUT2D eigenvalue weighted by molar-refractivity contribution is 5.94. The van der Waals surface area contributed by atoms with Crippen LogP contribution in [0.5, 0.6) is 0 Å². The van der Waals surface area contributed by atoms with E-state index in [4.69, 9.17) is 0 Å². The van der Waals surface area contributed by atoms with Crippen LogP contribution in [-0.2, 0) is 0 Å². The summed E-state index contributed by atoms with van der Waals surface area (Å²) >= 11 is 0. The first-order valence-corrected chi connectivity index (χ1v) is 8.21. The third kappa shape index (κ3) is 4.70. The molecule has 2 aromatic rings. The van der Waals surface area contributed by atoms with Crippen molar-refractivity contribution in [3.63, 3.8) is 0 Å². The van der Waals surface area contributed by atoms with Gasteiger partial charge in [-0.3, -0.25) is 0 Å². The molecule has 5 N–H and O–H groups in total. The van der Waals surface area contributed by atoms with Gasteiger partial charge in [0.1, 0.15) is 11.0 Å². The normalized spacial score (nSPS) is 14.6. The largest absolute Gasteiger partial charge is 0.392 e. The molecule has 138 valence electrons. The SMILES string of the molecule is CNc1nc(NCC2CC2)nc2c(NC)nc(NCC(C)O)nc12.Cl. The van der Waals surface area contributed by atoms with E-state index in [-0.39, 0.29) is 12.4 Å². The monoisotopic (exact) mass is 368 g/mol.